The first kappa shape index (κ1) is 15.8. The van der Waals surface area contributed by atoms with Crippen molar-refractivity contribution in [2.75, 3.05) is 0 Å². The molecule has 118 valence electrons. The third-order valence-corrected chi connectivity index (χ3v) is 3.95. The minimum atomic E-state index is -2.02. The second-order valence-electron chi connectivity index (χ2n) is 5.47. The highest BCUT2D eigenvalue weighted by Crippen LogP contribution is 2.31. The van der Waals surface area contributed by atoms with E-state index in [1.807, 2.05) is 0 Å². The fourth-order valence-corrected chi connectivity index (χ4v) is 2.67. The molecule has 1 N–H and O–H groups in total. The van der Waals surface area contributed by atoms with Crippen molar-refractivity contribution in [1.82, 2.24) is 0 Å². The van der Waals surface area contributed by atoms with Crippen LogP contribution in [-0.2, 0) is 10.4 Å². The van der Waals surface area contributed by atoms with E-state index in [1.165, 1.54) is 0 Å². The van der Waals surface area contributed by atoms with Gasteiger partial charge in [-0.3, -0.25) is 9.59 Å². The highest BCUT2D eigenvalue weighted by Gasteiger charge is 2.43. The summed E-state index contributed by atoms with van der Waals surface area (Å²) in [6.45, 7) is 0. The molecule has 0 fully saturated rings. The molecule has 3 rings (SSSR count). The van der Waals surface area contributed by atoms with Crippen molar-refractivity contribution >= 4 is 11.6 Å². The number of benzene rings is 3. The molecule has 0 saturated carbocycles. The highest BCUT2D eigenvalue weighted by atomic mass is 16.3. The molecule has 0 aromatic heterocycles. The van der Waals surface area contributed by atoms with Gasteiger partial charge >= 0.3 is 0 Å². The summed E-state index contributed by atoms with van der Waals surface area (Å²) in [6.07, 6.45) is 0. The second kappa shape index (κ2) is 6.60. The first-order valence-electron chi connectivity index (χ1n) is 7.61. The van der Waals surface area contributed by atoms with E-state index in [-0.39, 0.29) is 5.56 Å². The maximum absolute atomic E-state index is 13.0. The molecule has 0 aliphatic heterocycles. The van der Waals surface area contributed by atoms with Crippen molar-refractivity contribution in [3.8, 4) is 0 Å². The van der Waals surface area contributed by atoms with Crippen LogP contribution in [0.1, 0.15) is 21.5 Å². The molecule has 24 heavy (non-hydrogen) atoms. The molecule has 0 radical (unpaired) electrons. The fraction of sp³-hybridized carbons (Fsp3) is 0.0476. The van der Waals surface area contributed by atoms with Crippen LogP contribution in [0.15, 0.2) is 91.0 Å². The fourth-order valence-electron chi connectivity index (χ4n) is 2.67. The predicted molar refractivity (Wildman–Crippen MR) is 91.7 cm³/mol. The van der Waals surface area contributed by atoms with Gasteiger partial charge in [-0.1, -0.05) is 91.0 Å². The van der Waals surface area contributed by atoms with Gasteiger partial charge in [0, 0.05) is 5.56 Å². The van der Waals surface area contributed by atoms with Gasteiger partial charge in [-0.2, -0.15) is 0 Å². The van der Waals surface area contributed by atoms with Crippen LogP contribution in [-0.4, -0.2) is 16.7 Å². The number of carbonyl (C=O) groups excluding carboxylic acids is 2. The molecule has 3 aromatic rings. The second-order valence-corrected chi connectivity index (χ2v) is 5.47. The van der Waals surface area contributed by atoms with E-state index in [0.717, 1.165) is 0 Å². The summed E-state index contributed by atoms with van der Waals surface area (Å²) >= 11 is 0. The lowest BCUT2D eigenvalue weighted by molar-refractivity contribution is -0.129. The monoisotopic (exact) mass is 316 g/mol. The lowest BCUT2D eigenvalue weighted by Crippen LogP contribution is -2.41. The Bertz CT molecular complexity index is 801. The number of carbonyl (C=O) groups is 2. The van der Waals surface area contributed by atoms with Crippen LogP contribution in [0.5, 0.6) is 0 Å². The van der Waals surface area contributed by atoms with E-state index in [2.05, 4.69) is 0 Å². The van der Waals surface area contributed by atoms with Gasteiger partial charge in [0.25, 0.3) is 0 Å². The SMILES string of the molecule is O=C(C(=O)C(O)(c1ccccc1)c1ccccc1)c1ccccc1. The van der Waals surface area contributed by atoms with Crippen LogP contribution in [0, 0.1) is 0 Å². The van der Waals surface area contributed by atoms with Crippen LogP contribution in [0.25, 0.3) is 0 Å². The molecular weight excluding hydrogens is 300 g/mol. The highest BCUT2D eigenvalue weighted by molar-refractivity contribution is 6.46. The van der Waals surface area contributed by atoms with Gasteiger partial charge in [-0.25, -0.2) is 0 Å². The Labute approximate surface area is 140 Å². The average molecular weight is 316 g/mol. The number of hydrogen-bond donors (Lipinski definition) is 1. The van der Waals surface area contributed by atoms with Crippen LogP contribution in [0.3, 0.4) is 0 Å². The van der Waals surface area contributed by atoms with Crippen molar-refractivity contribution in [2.45, 2.75) is 5.60 Å². The minimum Gasteiger partial charge on any atom is -0.373 e. The van der Waals surface area contributed by atoms with E-state index in [0.29, 0.717) is 11.1 Å². The summed E-state index contributed by atoms with van der Waals surface area (Å²) in [5, 5.41) is 11.3. The van der Waals surface area contributed by atoms with Gasteiger partial charge in [-0.05, 0) is 11.1 Å². The maximum atomic E-state index is 13.0. The summed E-state index contributed by atoms with van der Waals surface area (Å²) < 4.78 is 0. The summed E-state index contributed by atoms with van der Waals surface area (Å²) in [7, 11) is 0. The zero-order valence-corrected chi connectivity index (χ0v) is 12.9. The average Bonchev–Trinajstić information content (AvgIpc) is 2.68. The van der Waals surface area contributed by atoms with Gasteiger partial charge in [0.1, 0.15) is 0 Å². The normalized spacial score (nSPS) is 11.0. The zero-order chi connectivity index (χ0) is 17.0. The molecule has 0 unspecified atom stereocenters. The standard InChI is InChI=1S/C21H16O3/c22-19(16-10-4-1-5-11-16)20(23)21(24,17-12-6-2-7-13-17)18-14-8-3-9-15-18/h1-15,24H. The first-order valence-corrected chi connectivity index (χ1v) is 7.61. The largest absolute Gasteiger partial charge is 0.373 e. The molecule has 0 amide bonds. The summed E-state index contributed by atoms with van der Waals surface area (Å²) in [4.78, 5) is 25.6. The first-order chi connectivity index (χ1) is 11.6. The van der Waals surface area contributed by atoms with Gasteiger partial charge in [0.15, 0.2) is 5.60 Å². The van der Waals surface area contributed by atoms with E-state index >= 15 is 0 Å². The van der Waals surface area contributed by atoms with Crippen LogP contribution >= 0.6 is 0 Å². The quantitative estimate of drug-likeness (QED) is 0.580. The molecule has 0 aliphatic rings. The predicted octanol–water partition coefficient (Wildman–Crippen LogP) is 3.37. The molecule has 0 heterocycles. The van der Waals surface area contributed by atoms with Gasteiger partial charge in [0.05, 0.1) is 0 Å². The van der Waals surface area contributed by atoms with Crippen LogP contribution in [0.4, 0.5) is 0 Å². The third-order valence-electron chi connectivity index (χ3n) is 3.95. The van der Waals surface area contributed by atoms with Crippen LogP contribution < -0.4 is 0 Å². The van der Waals surface area contributed by atoms with Crippen LogP contribution in [0.2, 0.25) is 0 Å². The van der Waals surface area contributed by atoms with Gasteiger partial charge in [0.2, 0.25) is 11.6 Å². The lowest BCUT2D eigenvalue weighted by atomic mass is 9.80. The van der Waals surface area contributed by atoms with Crippen molar-refractivity contribution < 1.29 is 14.7 Å². The number of aliphatic hydroxyl groups is 1. The summed E-state index contributed by atoms with van der Waals surface area (Å²) in [6, 6.07) is 25.3. The number of ketones is 2. The lowest BCUT2D eigenvalue weighted by Gasteiger charge is -2.27. The summed E-state index contributed by atoms with van der Waals surface area (Å²) in [5.74, 6) is -1.59. The number of Topliss-reactive ketones (excluding diaryl/α,β-unsaturated/α-hetero) is 2. The topological polar surface area (TPSA) is 54.4 Å². The smallest absolute Gasteiger partial charge is 0.243 e. The number of hydrogen-bond acceptors (Lipinski definition) is 3. The Morgan fingerprint density at radius 2 is 1.00 bits per heavy atom. The van der Waals surface area contributed by atoms with E-state index < -0.39 is 17.2 Å². The Morgan fingerprint density at radius 1 is 0.625 bits per heavy atom. The molecule has 0 atom stereocenters. The molecule has 3 aromatic carbocycles. The number of rotatable bonds is 5. The Morgan fingerprint density at radius 3 is 1.42 bits per heavy atom. The van der Waals surface area contributed by atoms with E-state index in [9.17, 15) is 14.7 Å². The summed E-state index contributed by atoms with van der Waals surface area (Å²) in [5.41, 5.74) is -1.03. The maximum Gasteiger partial charge on any atom is 0.243 e. The molecule has 3 nitrogen and oxygen atoms in total. The zero-order valence-electron chi connectivity index (χ0n) is 12.9. The molecular formula is C21H16O3. The molecule has 0 saturated heterocycles. The van der Waals surface area contributed by atoms with Crippen molar-refractivity contribution in [2.24, 2.45) is 0 Å². The van der Waals surface area contributed by atoms with Gasteiger partial charge < -0.3 is 5.11 Å². The third kappa shape index (κ3) is 2.77. The minimum absolute atomic E-state index is 0.257. The molecule has 0 spiro atoms. The Hall–Kier alpha value is -3.04. The van der Waals surface area contributed by atoms with Gasteiger partial charge in [-0.15, -0.1) is 0 Å². The Kier molecular flexibility index (Phi) is 4.36. The van der Waals surface area contributed by atoms with Crippen molar-refractivity contribution in [3.63, 3.8) is 0 Å². The van der Waals surface area contributed by atoms with E-state index in [1.54, 1.807) is 91.0 Å². The van der Waals surface area contributed by atoms with E-state index in [4.69, 9.17) is 0 Å². The Balaban J connectivity index is 2.12. The molecule has 0 aliphatic carbocycles. The molecule has 0 bridgehead atoms. The molecule has 3 heteroatoms. The van der Waals surface area contributed by atoms with Crippen molar-refractivity contribution in [1.29, 1.82) is 0 Å². The van der Waals surface area contributed by atoms with Crippen molar-refractivity contribution in [3.05, 3.63) is 108 Å².